The quantitative estimate of drug-likeness (QED) is 0.390. The van der Waals surface area contributed by atoms with Gasteiger partial charge in [-0.3, -0.25) is 10.1 Å². The van der Waals surface area contributed by atoms with E-state index in [4.69, 9.17) is 0 Å². The summed E-state index contributed by atoms with van der Waals surface area (Å²) in [5.74, 6) is 0. The van der Waals surface area contributed by atoms with Crippen molar-refractivity contribution in [3.8, 4) is 5.69 Å². The van der Waals surface area contributed by atoms with Gasteiger partial charge in [0.05, 0.1) is 10.6 Å². The minimum Gasteiger partial charge on any atom is -0.258 e. The van der Waals surface area contributed by atoms with Crippen LogP contribution in [0.2, 0.25) is 0 Å². The highest BCUT2D eigenvalue weighted by molar-refractivity contribution is 7.99. The number of non-ortho nitro benzene ring substituents is 1. The molecule has 3 rings (SSSR count). The third kappa shape index (κ3) is 3.69. The van der Waals surface area contributed by atoms with Crippen LogP contribution >= 0.6 is 11.8 Å². The molecule has 0 N–H and O–H groups in total. The van der Waals surface area contributed by atoms with Crippen molar-refractivity contribution < 1.29 is 4.92 Å². The molecule has 0 saturated heterocycles. The van der Waals surface area contributed by atoms with Gasteiger partial charge in [-0.1, -0.05) is 41.6 Å². The fourth-order valence-electron chi connectivity index (χ4n) is 2.56. The normalized spacial score (nSPS) is 12.1. The number of aromatic nitrogens is 4. The van der Waals surface area contributed by atoms with E-state index in [9.17, 15) is 10.1 Å². The van der Waals surface area contributed by atoms with Gasteiger partial charge in [-0.05, 0) is 48.4 Å². The van der Waals surface area contributed by atoms with Crippen molar-refractivity contribution in [1.29, 1.82) is 0 Å². The lowest BCUT2D eigenvalue weighted by molar-refractivity contribution is -0.384. The molecule has 0 aliphatic carbocycles. The molecule has 0 bridgehead atoms. The molecule has 0 aliphatic rings. The molecule has 1 atom stereocenters. The van der Waals surface area contributed by atoms with E-state index in [0.717, 1.165) is 16.8 Å². The number of rotatable bonds is 5. The molecule has 0 radical (unpaired) electrons. The Morgan fingerprint density at radius 1 is 1.20 bits per heavy atom. The van der Waals surface area contributed by atoms with Crippen LogP contribution in [0.3, 0.4) is 0 Å². The summed E-state index contributed by atoms with van der Waals surface area (Å²) in [6, 6.07) is 12.7. The maximum Gasteiger partial charge on any atom is 0.269 e. The Labute approximate surface area is 149 Å². The highest BCUT2D eigenvalue weighted by atomic mass is 32.2. The Balaban J connectivity index is 1.88. The number of nitro benzene ring substituents is 1. The standard InChI is InChI=1S/C17H17N5O2S/c1-11-7-8-16(12(2)9-11)21-17(18-19-20-21)25-13(3)14-5-4-6-15(10-14)22(23)24/h4-10,13H,1-3H3/t13-/m0/s1. The Bertz CT molecular complexity index is 925. The summed E-state index contributed by atoms with van der Waals surface area (Å²) in [4.78, 5) is 10.6. The van der Waals surface area contributed by atoms with Gasteiger partial charge in [0.1, 0.15) is 0 Å². The Morgan fingerprint density at radius 3 is 2.72 bits per heavy atom. The van der Waals surface area contributed by atoms with E-state index in [1.54, 1.807) is 16.8 Å². The number of thioether (sulfide) groups is 1. The molecule has 7 nitrogen and oxygen atoms in total. The summed E-state index contributed by atoms with van der Waals surface area (Å²) >= 11 is 1.46. The van der Waals surface area contributed by atoms with Crippen molar-refractivity contribution in [3.63, 3.8) is 0 Å². The smallest absolute Gasteiger partial charge is 0.258 e. The molecule has 0 unspecified atom stereocenters. The largest absolute Gasteiger partial charge is 0.269 e. The summed E-state index contributed by atoms with van der Waals surface area (Å²) in [5.41, 5.74) is 4.11. The van der Waals surface area contributed by atoms with Crippen molar-refractivity contribution in [3.05, 3.63) is 69.3 Å². The van der Waals surface area contributed by atoms with Crippen LogP contribution in [0.4, 0.5) is 5.69 Å². The average molecular weight is 355 g/mol. The number of tetrazole rings is 1. The number of aryl methyl sites for hydroxylation is 2. The molecule has 0 spiro atoms. The highest BCUT2D eigenvalue weighted by Gasteiger charge is 2.17. The second-order valence-corrected chi connectivity index (χ2v) is 7.08. The molecule has 8 heteroatoms. The predicted octanol–water partition coefficient (Wildman–Crippen LogP) is 4.04. The number of nitrogens with zero attached hydrogens (tertiary/aromatic N) is 5. The summed E-state index contributed by atoms with van der Waals surface area (Å²) in [7, 11) is 0. The Kier molecular flexibility index (Phi) is 4.80. The molecule has 0 aliphatic heterocycles. The van der Waals surface area contributed by atoms with Crippen molar-refractivity contribution in [1.82, 2.24) is 20.2 Å². The number of benzene rings is 2. The van der Waals surface area contributed by atoms with Crippen LogP contribution in [0.1, 0.15) is 28.9 Å². The first-order valence-corrected chi connectivity index (χ1v) is 8.60. The van der Waals surface area contributed by atoms with Crippen LogP contribution < -0.4 is 0 Å². The first-order chi connectivity index (χ1) is 12.0. The average Bonchev–Trinajstić information content (AvgIpc) is 3.02. The zero-order valence-corrected chi connectivity index (χ0v) is 14.9. The van der Waals surface area contributed by atoms with E-state index in [1.807, 2.05) is 39.0 Å². The van der Waals surface area contributed by atoms with Gasteiger partial charge in [-0.2, -0.15) is 4.68 Å². The molecule has 0 amide bonds. The van der Waals surface area contributed by atoms with Crippen molar-refractivity contribution in [2.24, 2.45) is 0 Å². The number of hydrogen-bond donors (Lipinski definition) is 0. The van der Waals surface area contributed by atoms with Crippen LogP contribution in [-0.2, 0) is 0 Å². The zero-order valence-electron chi connectivity index (χ0n) is 14.1. The second kappa shape index (κ2) is 7.02. The lowest BCUT2D eigenvalue weighted by Crippen LogP contribution is -2.03. The Hall–Kier alpha value is -2.74. The van der Waals surface area contributed by atoms with Crippen molar-refractivity contribution >= 4 is 17.4 Å². The Morgan fingerprint density at radius 2 is 2.00 bits per heavy atom. The lowest BCUT2D eigenvalue weighted by Gasteiger charge is -2.12. The zero-order chi connectivity index (χ0) is 18.0. The maximum atomic E-state index is 11.0. The van der Waals surface area contributed by atoms with Crippen molar-refractivity contribution in [2.45, 2.75) is 31.2 Å². The van der Waals surface area contributed by atoms with E-state index in [-0.39, 0.29) is 15.9 Å². The topological polar surface area (TPSA) is 86.7 Å². The number of nitro groups is 1. The molecular weight excluding hydrogens is 338 g/mol. The van der Waals surface area contributed by atoms with Crippen LogP contribution in [0.5, 0.6) is 0 Å². The summed E-state index contributed by atoms with van der Waals surface area (Å²) < 4.78 is 1.70. The summed E-state index contributed by atoms with van der Waals surface area (Å²) in [6.07, 6.45) is 0. The van der Waals surface area contributed by atoms with Gasteiger partial charge in [-0.15, -0.1) is 5.10 Å². The van der Waals surface area contributed by atoms with Gasteiger partial charge in [0.25, 0.3) is 5.69 Å². The fraction of sp³-hybridized carbons (Fsp3) is 0.235. The van der Waals surface area contributed by atoms with Crippen LogP contribution in [-0.4, -0.2) is 25.1 Å². The van der Waals surface area contributed by atoms with E-state index in [0.29, 0.717) is 5.16 Å². The molecule has 0 fully saturated rings. The third-order valence-corrected chi connectivity index (χ3v) is 4.95. The first-order valence-electron chi connectivity index (χ1n) is 7.72. The van der Waals surface area contributed by atoms with Gasteiger partial charge in [0.2, 0.25) is 5.16 Å². The van der Waals surface area contributed by atoms with Gasteiger partial charge in [-0.25, -0.2) is 0 Å². The van der Waals surface area contributed by atoms with Gasteiger partial charge in [0.15, 0.2) is 0 Å². The van der Waals surface area contributed by atoms with E-state index >= 15 is 0 Å². The SMILES string of the molecule is Cc1ccc(-n2nnnc2S[C@@H](C)c2cccc([N+](=O)[O-])c2)c(C)c1. The minimum absolute atomic E-state index is 0.0320. The third-order valence-electron chi connectivity index (χ3n) is 3.85. The van der Waals surface area contributed by atoms with Crippen LogP contribution in [0.25, 0.3) is 5.69 Å². The van der Waals surface area contributed by atoms with E-state index in [1.165, 1.54) is 23.4 Å². The lowest BCUT2D eigenvalue weighted by atomic mass is 10.1. The molecule has 128 valence electrons. The van der Waals surface area contributed by atoms with Crippen LogP contribution in [0, 0.1) is 24.0 Å². The summed E-state index contributed by atoms with van der Waals surface area (Å²) in [6.45, 7) is 6.03. The van der Waals surface area contributed by atoms with E-state index in [2.05, 4.69) is 21.6 Å². The van der Waals surface area contributed by atoms with Gasteiger partial charge in [0, 0.05) is 17.4 Å². The second-order valence-electron chi connectivity index (χ2n) is 5.78. The molecule has 1 aromatic heterocycles. The fourth-order valence-corrected chi connectivity index (χ4v) is 3.48. The molecular formula is C17H17N5O2S. The van der Waals surface area contributed by atoms with E-state index < -0.39 is 0 Å². The molecule has 3 aromatic rings. The first kappa shape index (κ1) is 17.1. The highest BCUT2D eigenvalue weighted by Crippen LogP contribution is 2.35. The summed E-state index contributed by atoms with van der Waals surface area (Å²) in [5, 5.41) is 23.6. The molecule has 25 heavy (non-hydrogen) atoms. The van der Waals surface area contributed by atoms with Gasteiger partial charge >= 0.3 is 0 Å². The van der Waals surface area contributed by atoms with Gasteiger partial charge < -0.3 is 0 Å². The minimum atomic E-state index is -0.388. The van der Waals surface area contributed by atoms with Crippen molar-refractivity contribution in [2.75, 3.05) is 0 Å². The number of hydrogen-bond acceptors (Lipinski definition) is 6. The monoisotopic (exact) mass is 355 g/mol. The van der Waals surface area contributed by atoms with Crippen LogP contribution in [0.15, 0.2) is 47.6 Å². The molecule has 2 aromatic carbocycles. The maximum absolute atomic E-state index is 11.0. The molecule has 1 heterocycles. The predicted molar refractivity (Wildman–Crippen MR) is 96.0 cm³/mol. The molecule has 0 saturated carbocycles.